The molecule has 158 valence electrons. The minimum atomic E-state index is -3.01. The normalized spacial score (nSPS) is 10.9. The SMILES string of the molecule is COc1ccc(NC(=O)CSc2nncn2-c2ccc(C)c(Cl)c2)cc1OC(F)F. The fourth-order valence-corrected chi connectivity index (χ4v) is 3.40. The van der Waals surface area contributed by atoms with E-state index in [2.05, 4.69) is 20.3 Å². The second-order valence-corrected chi connectivity index (χ2v) is 7.35. The van der Waals surface area contributed by atoms with Crippen molar-refractivity contribution < 1.29 is 23.0 Å². The van der Waals surface area contributed by atoms with Crippen molar-refractivity contribution in [2.75, 3.05) is 18.2 Å². The Kier molecular flexibility index (Phi) is 7.11. The van der Waals surface area contributed by atoms with E-state index >= 15 is 0 Å². The van der Waals surface area contributed by atoms with Gasteiger partial charge in [0.25, 0.3) is 0 Å². The molecule has 2 aromatic carbocycles. The summed E-state index contributed by atoms with van der Waals surface area (Å²) in [7, 11) is 1.33. The smallest absolute Gasteiger partial charge is 0.387 e. The molecule has 3 rings (SSSR count). The molecular formula is C19H17ClF2N4O3S. The number of benzene rings is 2. The average Bonchev–Trinajstić information content (AvgIpc) is 3.17. The van der Waals surface area contributed by atoms with Gasteiger partial charge in [-0.2, -0.15) is 8.78 Å². The van der Waals surface area contributed by atoms with Crippen molar-refractivity contribution in [1.29, 1.82) is 0 Å². The molecule has 0 saturated heterocycles. The molecule has 3 aromatic rings. The van der Waals surface area contributed by atoms with Crippen molar-refractivity contribution in [3.63, 3.8) is 0 Å². The molecule has 0 unspecified atom stereocenters. The number of ether oxygens (including phenoxy) is 2. The van der Waals surface area contributed by atoms with E-state index in [1.54, 1.807) is 10.6 Å². The van der Waals surface area contributed by atoms with Crippen LogP contribution in [0.15, 0.2) is 47.9 Å². The Hall–Kier alpha value is -2.85. The maximum atomic E-state index is 12.5. The van der Waals surface area contributed by atoms with Gasteiger partial charge in [0.15, 0.2) is 16.7 Å². The number of methoxy groups -OCH3 is 1. The van der Waals surface area contributed by atoms with Crippen LogP contribution >= 0.6 is 23.4 Å². The van der Waals surface area contributed by atoms with Crippen LogP contribution in [0.1, 0.15) is 5.56 Å². The maximum Gasteiger partial charge on any atom is 0.387 e. The molecule has 0 spiro atoms. The number of nitrogens with one attached hydrogen (secondary N) is 1. The molecule has 0 radical (unpaired) electrons. The lowest BCUT2D eigenvalue weighted by atomic mass is 10.2. The summed E-state index contributed by atoms with van der Waals surface area (Å²) in [6.45, 7) is -1.11. The molecule has 1 aromatic heterocycles. The standard InChI is InChI=1S/C19H17ClF2N4O3S/c1-11-3-5-13(8-14(11)20)26-10-23-25-19(26)30-9-17(27)24-12-4-6-15(28-2)16(7-12)29-18(21)22/h3-8,10,18H,9H2,1-2H3,(H,24,27). The highest BCUT2D eigenvalue weighted by Crippen LogP contribution is 2.31. The van der Waals surface area contributed by atoms with Crippen LogP contribution in [0.2, 0.25) is 5.02 Å². The molecule has 1 heterocycles. The summed E-state index contributed by atoms with van der Waals surface area (Å²) in [6, 6.07) is 9.75. The van der Waals surface area contributed by atoms with Crippen LogP contribution in [0.25, 0.3) is 5.69 Å². The lowest BCUT2D eigenvalue weighted by molar-refractivity contribution is -0.113. The summed E-state index contributed by atoms with van der Waals surface area (Å²) in [6.07, 6.45) is 1.53. The summed E-state index contributed by atoms with van der Waals surface area (Å²) < 4.78 is 36.2. The summed E-state index contributed by atoms with van der Waals surface area (Å²) in [4.78, 5) is 12.3. The summed E-state index contributed by atoms with van der Waals surface area (Å²) in [5, 5.41) is 11.6. The zero-order chi connectivity index (χ0) is 21.7. The second kappa shape index (κ2) is 9.77. The van der Waals surface area contributed by atoms with Gasteiger partial charge in [-0.3, -0.25) is 9.36 Å². The summed E-state index contributed by atoms with van der Waals surface area (Å²) in [5.74, 6) is -0.374. The molecule has 11 heteroatoms. The van der Waals surface area contributed by atoms with E-state index in [1.165, 1.54) is 43.4 Å². The number of aromatic nitrogens is 3. The number of anilines is 1. The number of nitrogens with zero attached hydrogens (tertiary/aromatic N) is 3. The molecule has 30 heavy (non-hydrogen) atoms. The van der Waals surface area contributed by atoms with Crippen molar-refractivity contribution in [2.45, 2.75) is 18.7 Å². The highest BCUT2D eigenvalue weighted by molar-refractivity contribution is 7.99. The molecular weight excluding hydrogens is 438 g/mol. The van der Waals surface area contributed by atoms with Crippen molar-refractivity contribution >= 4 is 35.0 Å². The van der Waals surface area contributed by atoms with Crippen LogP contribution < -0.4 is 14.8 Å². The lowest BCUT2D eigenvalue weighted by Crippen LogP contribution is -2.15. The number of rotatable bonds is 8. The van der Waals surface area contributed by atoms with E-state index in [0.717, 1.165) is 11.3 Å². The number of carbonyl (C=O) groups excluding carboxylic acids is 1. The highest BCUT2D eigenvalue weighted by atomic mass is 35.5. The van der Waals surface area contributed by atoms with Crippen LogP contribution in [-0.4, -0.2) is 40.1 Å². The van der Waals surface area contributed by atoms with Crippen molar-refractivity contribution in [3.05, 3.63) is 53.3 Å². The van der Waals surface area contributed by atoms with Gasteiger partial charge in [0, 0.05) is 16.8 Å². The molecule has 0 saturated carbocycles. The zero-order valence-corrected chi connectivity index (χ0v) is 17.5. The Morgan fingerprint density at radius 1 is 1.27 bits per heavy atom. The third kappa shape index (κ3) is 5.39. The van der Waals surface area contributed by atoms with Gasteiger partial charge in [0.2, 0.25) is 5.91 Å². The maximum absolute atomic E-state index is 12.5. The fourth-order valence-electron chi connectivity index (χ4n) is 2.50. The van der Waals surface area contributed by atoms with Crippen molar-refractivity contribution in [3.8, 4) is 17.2 Å². The van der Waals surface area contributed by atoms with Crippen LogP contribution in [0.5, 0.6) is 11.5 Å². The van der Waals surface area contributed by atoms with Crippen molar-refractivity contribution in [2.24, 2.45) is 0 Å². The molecule has 0 aliphatic heterocycles. The Bertz CT molecular complexity index is 1050. The number of hydrogen-bond acceptors (Lipinski definition) is 6. The molecule has 1 N–H and O–H groups in total. The van der Waals surface area contributed by atoms with Gasteiger partial charge >= 0.3 is 6.61 Å². The van der Waals surface area contributed by atoms with E-state index in [9.17, 15) is 13.6 Å². The minimum Gasteiger partial charge on any atom is -0.493 e. The van der Waals surface area contributed by atoms with E-state index < -0.39 is 6.61 Å². The van der Waals surface area contributed by atoms with Gasteiger partial charge < -0.3 is 14.8 Å². The monoisotopic (exact) mass is 454 g/mol. The lowest BCUT2D eigenvalue weighted by Gasteiger charge is -2.12. The number of carbonyl (C=O) groups is 1. The zero-order valence-electron chi connectivity index (χ0n) is 15.9. The minimum absolute atomic E-state index is 0.0232. The molecule has 0 bridgehead atoms. The fraction of sp³-hybridized carbons (Fsp3) is 0.211. The molecule has 1 amide bonds. The van der Waals surface area contributed by atoms with Crippen molar-refractivity contribution in [1.82, 2.24) is 14.8 Å². The third-order valence-corrected chi connectivity index (χ3v) is 5.30. The first-order valence-electron chi connectivity index (χ1n) is 8.59. The molecule has 0 atom stereocenters. The van der Waals surface area contributed by atoms with Gasteiger partial charge in [0.05, 0.1) is 18.6 Å². The Balaban J connectivity index is 1.66. The number of alkyl halides is 2. The van der Waals surface area contributed by atoms with E-state index in [-0.39, 0.29) is 23.2 Å². The molecule has 0 fully saturated rings. The van der Waals surface area contributed by atoms with Crippen LogP contribution in [0, 0.1) is 6.92 Å². The number of thioether (sulfide) groups is 1. The average molecular weight is 455 g/mol. The predicted molar refractivity (Wildman–Crippen MR) is 110 cm³/mol. The van der Waals surface area contributed by atoms with E-state index in [1.807, 2.05) is 19.1 Å². The van der Waals surface area contributed by atoms with Crippen LogP contribution in [0.4, 0.5) is 14.5 Å². The van der Waals surface area contributed by atoms with Gasteiger partial charge in [-0.15, -0.1) is 10.2 Å². The first-order chi connectivity index (χ1) is 14.4. The summed E-state index contributed by atoms with van der Waals surface area (Å²) >= 11 is 7.34. The number of aryl methyl sites for hydroxylation is 1. The summed E-state index contributed by atoms with van der Waals surface area (Å²) in [5.41, 5.74) is 2.00. The Morgan fingerprint density at radius 2 is 2.07 bits per heavy atom. The van der Waals surface area contributed by atoms with E-state index in [0.29, 0.717) is 15.9 Å². The van der Waals surface area contributed by atoms with Gasteiger partial charge in [0.1, 0.15) is 6.33 Å². The predicted octanol–water partition coefficient (Wildman–Crippen LogP) is 4.57. The van der Waals surface area contributed by atoms with Crippen LogP contribution in [-0.2, 0) is 4.79 Å². The van der Waals surface area contributed by atoms with Gasteiger partial charge in [-0.25, -0.2) is 0 Å². The quantitative estimate of drug-likeness (QED) is 0.502. The second-order valence-electron chi connectivity index (χ2n) is 6.00. The Labute approximate surface area is 180 Å². The Morgan fingerprint density at radius 3 is 2.77 bits per heavy atom. The van der Waals surface area contributed by atoms with Gasteiger partial charge in [-0.05, 0) is 36.8 Å². The number of hydrogen-bond donors (Lipinski definition) is 1. The third-order valence-electron chi connectivity index (χ3n) is 3.95. The number of halogens is 3. The van der Waals surface area contributed by atoms with E-state index in [4.69, 9.17) is 16.3 Å². The van der Waals surface area contributed by atoms with Crippen LogP contribution in [0.3, 0.4) is 0 Å². The molecule has 0 aliphatic carbocycles. The first kappa shape index (κ1) is 21.8. The van der Waals surface area contributed by atoms with Gasteiger partial charge in [-0.1, -0.05) is 29.4 Å². The highest BCUT2D eigenvalue weighted by Gasteiger charge is 2.14. The molecule has 0 aliphatic rings. The number of amides is 1. The first-order valence-corrected chi connectivity index (χ1v) is 9.95. The topological polar surface area (TPSA) is 78.3 Å². The largest absolute Gasteiger partial charge is 0.493 e. The molecule has 7 nitrogen and oxygen atoms in total.